The molecular formula is C22H21FN6O3S. The topological polar surface area (TPSA) is 110 Å². The molecule has 6 rings (SSSR count). The fraction of sp³-hybridized carbons (Fsp3) is 0.364. The van der Waals surface area contributed by atoms with E-state index in [0.29, 0.717) is 54.2 Å². The smallest absolute Gasteiger partial charge is 0.172 e. The molecule has 1 saturated heterocycles. The molecule has 33 heavy (non-hydrogen) atoms. The first-order valence-corrected chi connectivity index (χ1v) is 12.7. The summed E-state index contributed by atoms with van der Waals surface area (Å²) in [6.07, 6.45) is 6.17. The monoisotopic (exact) mass is 468 g/mol. The summed E-state index contributed by atoms with van der Waals surface area (Å²) in [7, 11) is -3.09. The predicted molar refractivity (Wildman–Crippen MR) is 122 cm³/mol. The van der Waals surface area contributed by atoms with Crippen LogP contribution in [0.4, 0.5) is 16.0 Å². The lowest BCUT2D eigenvalue weighted by Crippen LogP contribution is -2.42. The second-order valence-electron chi connectivity index (χ2n) is 8.54. The van der Waals surface area contributed by atoms with Crippen molar-refractivity contribution in [3.05, 3.63) is 41.1 Å². The zero-order valence-corrected chi connectivity index (χ0v) is 18.5. The van der Waals surface area contributed by atoms with Gasteiger partial charge in [-0.1, -0.05) is 0 Å². The Kier molecular flexibility index (Phi) is 4.51. The normalized spacial score (nSPS) is 19.6. The number of Topliss-reactive ketones (excluding diaryl/α,β-unsaturated/α-hetero) is 1. The van der Waals surface area contributed by atoms with Crippen molar-refractivity contribution in [3.63, 3.8) is 0 Å². The highest BCUT2D eigenvalue weighted by Gasteiger charge is 2.32. The van der Waals surface area contributed by atoms with Gasteiger partial charge in [-0.25, -0.2) is 17.8 Å². The summed E-state index contributed by atoms with van der Waals surface area (Å²) in [6.45, 7) is 1.04. The van der Waals surface area contributed by atoms with Crippen molar-refractivity contribution in [1.82, 2.24) is 19.6 Å². The molecule has 2 aliphatic heterocycles. The van der Waals surface area contributed by atoms with E-state index in [1.54, 1.807) is 16.9 Å². The molecule has 3 aromatic heterocycles. The summed E-state index contributed by atoms with van der Waals surface area (Å²) >= 11 is 0. The lowest BCUT2D eigenvalue weighted by Gasteiger charge is -2.31. The molecule has 0 bridgehead atoms. The SMILES string of the molecule is O=C1CCNc2c1c(N1CCS(=O)(=O)CC1)nc1c(-c3cnc4c(c3)C=C(F)CC4)cnn21. The number of aromatic nitrogens is 4. The number of halogens is 1. The van der Waals surface area contributed by atoms with E-state index in [1.165, 1.54) is 6.08 Å². The minimum atomic E-state index is -3.09. The van der Waals surface area contributed by atoms with Gasteiger partial charge < -0.3 is 10.2 Å². The highest BCUT2D eigenvalue weighted by Crippen LogP contribution is 2.36. The van der Waals surface area contributed by atoms with E-state index in [1.807, 2.05) is 11.0 Å². The number of aryl methyl sites for hydroxylation is 1. The Bertz CT molecular complexity index is 1450. The maximum atomic E-state index is 13.8. The summed E-state index contributed by atoms with van der Waals surface area (Å²) in [5.41, 5.74) is 4.01. The average Bonchev–Trinajstić information content (AvgIpc) is 3.22. The van der Waals surface area contributed by atoms with Crippen molar-refractivity contribution in [3.8, 4) is 11.1 Å². The zero-order chi connectivity index (χ0) is 22.7. The lowest BCUT2D eigenvalue weighted by molar-refractivity contribution is 0.0983. The van der Waals surface area contributed by atoms with Crippen molar-refractivity contribution in [2.24, 2.45) is 0 Å². The van der Waals surface area contributed by atoms with E-state index in [0.717, 1.165) is 16.8 Å². The van der Waals surface area contributed by atoms with E-state index in [4.69, 9.17) is 4.98 Å². The van der Waals surface area contributed by atoms with Crippen LogP contribution in [0.25, 0.3) is 22.9 Å². The number of allylic oxidation sites excluding steroid dienone is 1. The van der Waals surface area contributed by atoms with Gasteiger partial charge in [0.2, 0.25) is 0 Å². The average molecular weight is 469 g/mol. The number of carbonyl (C=O) groups is 1. The third-order valence-electron chi connectivity index (χ3n) is 6.42. The van der Waals surface area contributed by atoms with Crippen LogP contribution in [0, 0.1) is 0 Å². The van der Waals surface area contributed by atoms with Crippen LogP contribution in [0.15, 0.2) is 24.3 Å². The summed E-state index contributed by atoms with van der Waals surface area (Å²) in [6, 6.07) is 1.88. The molecule has 170 valence electrons. The number of hydrogen-bond acceptors (Lipinski definition) is 8. The van der Waals surface area contributed by atoms with E-state index in [2.05, 4.69) is 15.4 Å². The lowest BCUT2D eigenvalue weighted by atomic mass is 9.99. The summed E-state index contributed by atoms with van der Waals surface area (Å²) in [4.78, 5) is 24.1. The number of nitrogens with zero attached hydrogens (tertiary/aromatic N) is 5. The number of fused-ring (bicyclic) bond motifs is 4. The van der Waals surface area contributed by atoms with Crippen LogP contribution in [0.3, 0.4) is 0 Å². The highest BCUT2D eigenvalue weighted by atomic mass is 32.2. The van der Waals surface area contributed by atoms with Gasteiger partial charge in [0.05, 0.1) is 17.7 Å². The highest BCUT2D eigenvalue weighted by molar-refractivity contribution is 7.91. The molecule has 0 atom stereocenters. The second kappa shape index (κ2) is 7.34. The molecular weight excluding hydrogens is 447 g/mol. The van der Waals surface area contributed by atoms with Crippen LogP contribution in [-0.4, -0.2) is 64.9 Å². The Balaban J connectivity index is 1.52. The largest absolute Gasteiger partial charge is 0.369 e. The molecule has 5 heterocycles. The first-order chi connectivity index (χ1) is 15.9. The van der Waals surface area contributed by atoms with Gasteiger partial charge in [0.15, 0.2) is 21.3 Å². The maximum absolute atomic E-state index is 13.8. The molecule has 1 fully saturated rings. The van der Waals surface area contributed by atoms with Crippen molar-refractivity contribution >= 4 is 39.0 Å². The van der Waals surface area contributed by atoms with Gasteiger partial charge in [-0.2, -0.15) is 9.61 Å². The molecule has 3 aliphatic rings. The van der Waals surface area contributed by atoms with Crippen LogP contribution in [-0.2, 0) is 16.3 Å². The van der Waals surface area contributed by atoms with E-state index >= 15 is 0 Å². The Morgan fingerprint density at radius 2 is 1.91 bits per heavy atom. The first-order valence-electron chi connectivity index (χ1n) is 10.9. The molecule has 0 aromatic carbocycles. The Morgan fingerprint density at radius 3 is 2.73 bits per heavy atom. The molecule has 11 heteroatoms. The molecule has 1 aliphatic carbocycles. The van der Waals surface area contributed by atoms with Gasteiger partial charge in [0.25, 0.3) is 0 Å². The first kappa shape index (κ1) is 20.3. The quantitative estimate of drug-likeness (QED) is 0.610. The number of ketones is 1. The van der Waals surface area contributed by atoms with Gasteiger partial charge in [-0.15, -0.1) is 0 Å². The van der Waals surface area contributed by atoms with Crippen LogP contribution in [0.5, 0.6) is 0 Å². The summed E-state index contributed by atoms with van der Waals surface area (Å²) in [5.74, 6) is 0.864. The minimum absolute atomic E-state index is 0.0228. The van der Waals surface area contributed by atoms with Crippen molar-refractivity contribution in [2.75, 3.05) is 41.4 Å². The van der Waals surface area contributed by atoms with Gasteiger partial charge in [-0.3, -0.25) is 9.78 Å². The van der Waals surface area contributed by atoms with Crippen molar-refractivity contribution in [2.45, 2.75) is 19.3 Å². The second-order valence-corrected chi connectivity index (χ2v) is 10.8. The predicted octanol–water partition coefficient (Wildman–Crippen LogP) is 2.28. The molecule has 0 unspecified atom stereocenters. The van der Waals surface area contributed by atoms with Gasteiger partial charge in [0, 0.05) is 55.5 Å². The van der Waals surface area contributed by atoms with Gasteiger partial charge >= 0.3 is 0 Å². The molecule has 0 amide bonds. The van der Waals surface area contributed by atoms with E-state index in [9.17, 15) is 17.6 Å². The standard InChI is InChI=1S/C22H21FN6O3S/c23-15-1-2-17-13(10-15)9-14(11-25-17)16-12-26-29-20(16)27-22(19-18(30)3-4-24-21(19)29)28-5-7-33(31,32)8-6-28/h9-12,24H,1-8H2. The molecule has 9 nitrogen and oxygen atoms in total. The van der Waals surface area contributed by atoms with Crippen molar-refractivity contribution < 1.29 is 17.6 Å². The Hall–Kier alpha value is -3.34. The molecule has 0 spiro atoms. The minimum Gasteiger partial charge on any atom is -0.369 e. The maximum Gasteiger partial charge on any atom is 0.172 e. The fourth-order valence-corrected chi connectivity index (χ4v) is 5.85. The molecule has 3 aromatic rings. The number of sulfone groups is 1. The van der Waals surface area contributed by atoms with E-state index in [-0.39, 0.29) is 36.2 Å². The Morgan fingerprint density at radius 1 is 1.09 bits per heavy atom. The third-order valence-corrected chi connectivity index (χ3v) is 8.03. The number of anilines is 2. The number of hydrogen-bond donors (Lipinski definition) is 1. The molecule has 1 N–H and O–H groups in total. The summed E-state index contributed by atoms with van der Waals surface area (Å²) in [5, 5.41) is 7.76. The number of pyridine rings is 1. The van der Waals surface area contributed by atoms with Crippen molar-refractivity contribution in [1.29, 1.82) is 0 Å². The van der Waals surface area contributed by atoms with E-state index < -0.39 is 9.84 Å². The number of nitrogens with one attached hydrogen (secondary N) is 1. The zero-order valence-electron chi connectivity index (χ0n) is 17.7. The Labute approximate surface area is 189 Å². The van der Waals surface area contributed by atoms with Crippen LogP contribution in [0.2, 0.25) is 0 Å². The van der Waals surface area contributed by atoms with Crippen LogP contribution in [0.1, 0.15) is 34.5 Å². The number of rotatable bonds is 2. The third kappa shape index (κ3) is 3.38. The number of carbonyl (C=O) groups excluding carboxylic acids is 1. The fourth-order valence-electron chi connectivity index (χ4n) is 4.65. The molecule has 0 radical (unpaired) electrons. The van der Waals surface area contributed by atoms with Gasteiger partial charge in [0.1, 0.15) is 23.0 Å². The van der Waals surface area contributed by atoms with Crippen LogP contribution < -0.4 is 10.2 Å². The van der Waals surface area contributed by atoms with Gasteiger partial charge in [-0.05, 0) is 24.1 Å². The van der Waals surface area contributed by atoms with Crippen LogP contribution >= 0.6 is 0 Å². The summed E-state index contributed by atoms with van der Waals surface area (Å²) < 4.78 is 39.4. The molecule has 0 saturated carbocycles.